The average Bonchev–Trinajstić information content (AvgIpc) is 3.17. The number of aliphatic hydroxyl groups excluding tert-OH is 1. The first kappa shape index (κ1) is 22.1. The Kier molecular flexibility index (Phi) is 5.59. The minimum Gasteiger partial charge on any atom is -0.396 e. The SMILES string of the molecule is N#Cc1ccc(N2CC[C@@]3(CO)CN(C(=O)c4ccc(F)cc4)C[C@H]3C2)cc1C(F)(F)F. The van der Waals surface area contributed by atoms with Crippen molar-refractivity contribution >= 4 is 11.6 Å². The van der Waals surface area contributed by atoms with Crippen molar-refractivity contribution in [3.63, 3.8) is 0 Å². The van der Waals surface area contributed by atoms with Crippen LogP contribution < -0.4 is 4.90 Å². The van der Waals surface area contributed by atoms with Crippen LogP contribution in [0.25, 0.3) is 0 Å². The van der Waals surface area contributed by atoms with Gasteiger partial charge in [0.1, 0.15) is 5.82 Å². The number of hydrogen-bond acceptors (Lipinski definition) is 4. The number of piperidine rings is 1. The molecule has 2 heterocycles. The summed E-state index contributed by atoms with van der Waals surface area (Å²) in [4.78, 5) is 16.3. The molecule has 1 N–H and O–H groups in total. The summed E-state index contributed by atoms with van der Waals surface area (Å²) in [6.07, 6.45) is -4.14. The van der Waals surface area contributed by atoms with E-state index >= 15 is 0 Å². The van der Waals surface area contributed by atoms with Crippen molar-refractivity contribution in [2.45, 2.75) is 12.6 Å². The van der Waals surface area contributed by atoms with Crippen LogP contribution in [0.5, 0.6) is 0 Å². The zero-order chi connectivity index (χ0) is 23.1. The topological polar surface area (TPSA) is 67.6 Å². The normalized spacial score (nSPS) is 23.1. The van der Waals surface area contributed by atoms with Gasteiger partial charge < -0.3 is 14.9 Å². The maximum Gasteiger partial charge on any atom is 0.417 e. The van der Waals surface area contributed by atoms with Gasteiger partial charge in [-0.2, -0.15) is 18.4 Å². The third-order valence-corrected chi connectivity index (χ3v) is 6.62. The van der Waals surface area contributed by atoms with Gasteiger partial charge in [-0.15, -0.1) is 0 Å². The summed E-state index contributed by atoms with van der Waals surface area (Å²) >= 11 is 0. The maximum atomic E-state index is 13.4. The van der Waals surface area contributed by atoms with Gasteiger partial charge in [-0.05, 0) is 48.9 Å². The molecule has 0 unspecified atom stereocenters. The zero-order valence-corrected chi connectivity index (χ0v) is 17.1. The third kappa shape index (κ3) is 3.91. The van der Waals surface area contributed by atoms with Gasteiger partial charge in [-0.1, -0.05) is 0 Å². The number of likely N-dealkylation sites (tertiary alicyclic amines) is 1. The maximum absolute atomic E-state index is 13.4. The first-order chi connectivity index (χ1) is 15.2. The van der Waals surface area contributed by atoms with Crippen molar-refractivity contribution in [3.05, 3.63) is 65.0 Å². The van der Waals surface area contributed by atoms with E-state index in [1.807, 2.05) is 0 Å². The Balaban J connectivity index is 1.56. The number of halogens is 4. The largest absolute Gasteiger partial charge is 0.417 e. The highest BCUT2D eigenvalue weighted by Gasteiger charge is 2.50. The highest BCUT2D eigenvalue weighted by Crippen LogP contribution is 2.44. The first-order valence-corrected chi connectivity index (χ1v) is 10.2. The molecule has 2 aliphatic heterocycles. The van der Waals surface area contributed by atoms with Crippen LogP contribution in [0.4, 0.5) is 23.2 Å². The van der Waals surface area contributed by atoms with Crippen LogP contribution in [0.2, 0.25) is 0 Å². The van der Waals surface area contributed by atoms with Crippen molar-refractivity contribution in [3.8, 4) is 6.07 Å². The number of amides is 1. The predicted molar refractivity (Wildman–Crippen MR) is 108 cm³/mol. The Morgan fingerprint density at radius 2 is 1.91 bits per heavy atom. The number of rotatable bonds is 3. The summed E-state index contributed by atoms with van der Waals surface area (Å²) in [6, 6.07) is 10.5. The van der Waals surface area contributed by atoms with E-state index in [0.29, 0.717) is 43.9 Å². The summed E-state index contributed by atoms with van der Waals surface area (Å²) in [5, 5.41) is 19.2. The molecule has 2 aromatic carbocycles. The number of hydrogen-bond donors (Lipinski definition) is 1. The molecule has 168 valence electrons. The minimum atomic E-state index is -4.64. The molecule has 0 aromatic heterocycles. The van der Waals surface area contributed by atoms with Crippen LogP contribution in [0.3, 0.4) is 0 Å². The number of fused-ring (bicyclic) bond motifs is 1. The van der Waals surface area contributed by atoms with Crippen LogP contribution in [0.1, 0.15) is 27.9 Å². The summed E-state index contributed by atoms with van der Waals surface area (Å²) in [7, 11) is 0. The van der Waals surface area contributed by atoms with E-state index < -0.39 is 28.5 Å². The van der Waals surface area contributed by atoms with Gasteiger partial charge in [0.25, 0.3) is 5.91 Å². The van der Waals surface area contributed by atoms with E-state index in [-0.39, 0.29) is 18.4 Å². The van der Waals surface area contributed by atoms with E-state index in [0.717, 1.165) is 6.07 Å². The van der Waals surface area contributed by atoms with E-state index in [1.165, 1.54) is 36.4 Å². The van der Waals surface area contributed by atoms with Crippen LogP contribution in [0.15, 0.2) is 42.5 Å². The molecular formula is C23H21F4N3O2. The lowest BCUT2D eigenvalue weighted by atomic mass is 9.73. The van der Waals surface area contributed by atoms with Gasteiger partial charge in [0.2, 0.25) is 0 Å². The molecule has 2 atom stereocenters. The van der Waals surface area contributed by atoms with Crippen molar-refractivity contribution in [1.29, 1.82) is 5.26 Å². The molecule has 0 radical (unpaired) electrons. The number of aliphatic hydroxyl groups is 1. The van der Waals surface area contributed by atoms with Crippen molar-refractivity contribution in [2.24, 2.45) is 11.3 Å². The Bertz CT molecular complexity index is 1060. The van der Waals surface area contributed by atoms with E-state index in [4.69, 9.17) is 5.26 Å². The number of carbonyl (C=O) groups excluding carboxylic acids is 1. The Morgan fingerprint density at radius 3 is 2.53 bits per heavy atom. The number of anilines is 1. The van der Waals surface area contributed by atoms with E-state index in [1.54, 1.807) is 15.9 Å². The van der Waals surface area contributed by atoms with Crippen LogP contribution >= 0.6 is 0 Å². The Hall–Kier alpha value is -3.12. The predicted octanol–water partition coefficient (Wildman–Crippen LogP) is 3.68. The smallest absolute Gasteiger partial charge is 0.396 e. The first-order valence-electron chi connectivity index (χ1n) is 10.2. The third-order valence-electron chi connectivity index (χ3n) is 6.62. The average molecular weight is 447 g/mol. The van der Waals surface area contributed by atoms with Gasteiger partial charge in [0.05, 0.1) is 23.8 Å². The monoisotopic (exact) mass is 447 g/mol. The molecule has 2 saturated heterocycles. The molecular weight excluding hydrogens is 426 g/mol. The van der Waals surface area contributed by atoms with Crippen molar-refractivity contribution < 1.29 is 27.5 Å². The highest BCUT2D eigenvalue weighted by molar-refractivity contribution is 5.94. The molecule has 0 bridgehead atoms. The molecule has 5 nitrogen and oxygen atoms in total. The minimum absolute atomic E-state index is 0.139. The molecule has 0 spiro atoms. The molecule has 1 amide bonds. The standard InChI is InChI=1S/C23H21F4N3O2/c24-18-4-1-15(2-5-18)21(32)30-12-17-11-29(8-7-22(17,13-30)14-31)19-6-3-16(10-28)20(9-19)23(25,26)27/h1-6,9,17,31H,7-8,11-14H2/t17-,22+/m1/s1. The number of nitrogens with zero attached hydrogens (tertiary/aromatic N) is 3. The quantitative estimate of drug-likeness (QED) is 0.729. The molecule has 4 rings (SSSR count). The summed E-state index contributed by atoms with van der Waals surface area (Å²) in [5.74, 6) is -0.855. The van der Waals surface area contributed by atoms with Gasteiger partial charge in [0.15, 0.2) is 0 Å². The number of carbonyl (C=O) groups is 1. The highest BCUT2D eigenvalue weighted by atomic mass is 19.4. The fourth-order valence-corrected chi connectivity index (χ4v) is 4.77. The van der Waals surface area contributed by atoms with Crippen LogP contribution in [0, 0.1) is 28.5 Å². The van der Waals surface area contributed by atoms with Crippen molar-refractivity contribution in [2.75, 3.05) is 37.7 Å². The fraction of sp³-hybridized carbons (Fsp3) is 0.391. The molecule has 2 aliphatic rings. The Labute approximate surface area is 182 Å². The van der Waals surface area contributed by atoms with Crippen LogP contribution in [-0.2, 0) is 6.18 Å². The molecule has 2 aromatic rings. The number of nitriles is 1. The molecule has 9 heteroatoms. The second kappa shape index (κ2) is 8.10. The van der Waals surface area contributed by atoms with E-state index in [9.17, 15) is 27.5 Å². The van der Waals surface area contributed by atoms with E-state index in [2.05, 4.69) is 0 Å². The van der Waals surface area contributed by atoms with Crippen molar-refractivity contribution in [1.82, 2.24) is 4.90 Å². The Morgan fingerprint density at radius 1 is 1.19 bits per heavy atom. The lowest BCUT2D eigenvalue weighted by molar-refractivity contribution is -0.137. The van der Waals surface area contributed by atoms with Crippen LogP contribution in [-0.4, -0.2) is 48.7 Å². The summed E-state index contributed by atoms with van der Waals surface area (Å²) < 4.78 is 53.3. The molecule has 0 aliphatic carbocycles. The number of benzene rings is 2. The fourth-order valence-electron chi connectivity index (χ4n) is 4.77. The zero-order valence-electron chi connectivity index (χ0n) is 17.1. The van der Waals surface area contributed by atoms with Gasteiger partial charge >= 0.3 is 6.18 Å². The van der Waals surface area contributed by atoms with Gasteiger partial charge in [-0.25, -0.2) is 4.39 Å². The second-order valence-corrected chi connectivity index (χ2v) is 8.45. The van der Waals surface area contributed by atoms with Gasteiger partial charge in [-0.3, -0.25) is 4.79 Å². The summed E-state index contributed by atoms with van der Waals surface area (Å²) in [5.41, 5.74) is -1.25. The lowest BCUT2D eigenvalue weighted by Crippen LogP contribution is -2.49. The molecule has 32 heavy (non-hydrogen) atoms. The second-order valence-electron chi connectivity index (χ2n) is 8.45. The van der Waals surface area contributed by atoms with Gasteiger partial charge in [0, 0.05) is 48.8 Å². The lowest BCUT2D eigenvalue weighted by Gasteiger charge is -2.43. The molecule has 2 fully saturated rings. The molecule has 0 saturated carbocycles. The summed E-state index contributed by atoms with van der Waals surface area (Å²) in [6.45, 7) is 1.32. The number of alkyl halides is 3.